The van der Waals surface area contributed by atoms with E-state index in [4.69, 9.17) is 4.74 Å². The Labute approximate surface area is 217 Å². The molecule has 0 bridgehead atoms. The minimum atomic E-state index is -0.804. The Hall–Kier alpha value is -3.31. The maximum absolute atomic E-state index is 14.9. The fraction of sp³-hybridized carbons (Fsp3) is 0.312. The Kier molecular flexibility index (Phi) is 8.88. The van der Waals surface area contributed by atoms with E-state index in [-0.39, 0.29) is 11.7 Å². The van der Waals surface area contributed by atoms with Crippen molar-refractivity contribution in [2.24, 2.45) is 5.92 Å². The van der Waals surface area contributed by atoms with Crippen molar-refractivity contribution in [1.29, 1.82) is 0 Å². The summed E-state index contributed by atoms with van der Waals surface area (Å²) in [7, 11) is 0. The van der Waals surface area contributed by atoms with E-state index in [0.717, 1.165) is 23.1 Å². The van der Waals surface area contributed by atoms with E-state index in [1.54, 1.807) is 37.3 Å². The zero-order valence-corrected chi connectivity index (χ0v) is 21.2. The van der Waals surface area contributed by atoms with Crippen LogP contribution in [0.1, 0.15) is 49.3 Å². The van der Waals surface area contributed by atoms with E-state index in [9.17, 15) is 18.3 Å². The van der Waals surface area contributed by atoms with Crippen molar-refractivity contribution in [3.05, 3.63) is 107 Å². The van der Waals surface area contributed by atoms with Crippen molar-refractivity contribution < 1.29 is 23.0 Å². The molecule has 2 atom stereocenters. The van der Waals surface area contributed by atoms with E-state index in [0.29, 0.717) is 61.2 Å². The van der Waals surface area contributed by atoms with Gasteiger partial charge in [0.25, 0.3) is 0 Å². The van der Waals surface area contributed by atoms with Crippen LogP contribution < -0.4 is 4.74 Å². The summed E-state index contributed by atoms with van der Waals surface area (Å²) in [5.74, 6) is -1.33. The molecule has 1 aliphatic carbocycles. The standard InChI is InChI=1S/C32H33F3O2/c1-3-4-19-37-27-16-18-28(30(33)20-27)24-8-5-22(6-9-24)7-10-26-15-17-29(32(35)31(26)34)25-13-11-23(12-14-25)21(2)36/h3,5-6,8-9,13,15-18,20-21,23,36H,1,4,7,10-12,14,19H2,2H3. The van der Waals surface area contributed by atoms with Crippen LogP contribution >= 0.6 is 0 Å². The summed E-state index contributed by atoms with van der Waals surface area (Å²) >= 11 is 0. The first kappa shape index (κ1) is 26.7. The first-order valence-electron chi connectivity index (χ1n) is 12.8. The van der Waals surface area contributed by atoms with Gasteiger partial charge in [-0.05, 0) is 85.8 Å². The van der Waals surface area contributed by atoms with E-state index in [1.807, 2.05) is 30.3 Å². The van der Waals surface area contributed by atoms with Crippen LogP contribution in [0.5, 0.6) is 5.75 Å². The minimum absolute atomic E-state index is 0.166. The van der Waals surface area contributed by atoms with Crippen LogP contribution in [-0.2, 0) is 12.8 Å². The quantitative estimate of drug-likeness (QED) is 0.223. The van der Waals surface area contributed by atoms with Crippen LogP contribution in [0.3, 0.4) is 0 Å². The van der Waals surface area contributed by atoms with Crippen LogP contribution in [0.2, 0.25) is 0 Å². The number of rotatable bonds is 10. The fourth-order valence-corrected chi connectivity index (χ4v) is 4.78. The molecule has 3 aromatic carbocycles. The van der Waals surface area contributed by atoms with Crippen LogP contribution in [-0.4, -0.2) is 17.8 Å². The van der Waals surface area contributed by atoms with Crippen LogP contribution in [0.15, 0.2) is 73.3 Å². The van der Waals surface area contributed by atoms with Gasteiger partial charge in [-0.2, -0.15) is 0 Å². The molecule has 2 unspecified atom stereocenters. The topological polar surface area (TPSA) is 29.5 Å². The number of aryl methyl sites for hydroxylation is 2. The number of hydrogen-bond acceptors (Lipinski definition) is 2. The largest absolute Gasteiger partial charge is 0.493 e. The zero-order chi connectivity index (χ0) is 26.4. The molecule has 2 nitrogen and oxygen atoms in total. The molecule has 1 N–H and O–H groups in total. The van der Waals surface area contributed by atoms with E-state index in [2.05, 4.69) is 6.58 Å². The van der Waals surface area contributed by atoms with Gasteiger partial charge in [-0.1, -0.05) is 48.6 Å². The van der Waals surface area contributed by atoms with Crippen molar-refractivity contribution in [2.45, 2.75) is 51.6 Å². The molecule has 5 heteroatoms. The van der Waals surface area contributed by atoms with Crippen LogP contribution in [0, 0.1) is 23.4 Å². The molecule has 0 fully saturated rings. The Morgan fingerprint density at radius 2 is 1.76 bits per heavy atom. The van der Waals surface area contributed by atoms with Gasteiger partial charge in [0.05, 0.1) is 12.7 Å². The summed E-state index contributed by atoms with van der Waals surface area (Å²) in [4.78, 5) is 0. The van der Waals surface area contributed by atoms with Crippen molar-refractivity contribution in [3.8, 4) is 16.9 Å². The molecule has 1 aliphatic rings. The normalized spacial score (nSPS) is 16.2. The van der Waals surface area contributed by atoms with E-state index >= 15 is 0 Å². The van der Waals surface area contributed by atoms with Gasteiger partial charge in [-0.15, -0.1) is 6.58 Å². The number of ether oxygens (including phenoxy) is 1. The molecular formula is C32H33F3O2. The molecule has 4 rings (SSSR count). The molecule has 3 aromatic rings. The number of aliphatic hydroxyl groups excluding tert-OH is 1. The van der Waals surface area contributed by atoms with Crippen LogP contribution in [0.25, 0.3) is 16.7 Å². The maximum Gasteiger partial charge on any atom is 0.166 e. The summed E-state index contributed by atoms with van der Waals surface area (Å²) in [5, 5.41) is 9.76. The lowest BCUT2D eigenvalue weighted by Gasteiger charge is -2.24. The predicted molar refractivity (Wildman–Crippen MR) is 143 cm³/mol. The monoisotopic (exact) mass is 506 g/mol. The van der Waals surface area contributed by atoms with Gasteiger partial charge in [-0.25, -0.2) is 13.2 Å². The van der Waals surface area contributed by atoms with Crippen LogP contribution in [0.4, 0.5) is 13.2 Å². The predicted octanol–water partition coefficient (Wildman–Crippen LogP) is 8.08. The second kappa shape index (κ2) is 12.3. The number of halogens is 3. The van der Waals surface area contributed by atoms with Crippen molar-refractivity contribution in [1.82, 2.24) is 0 Å². The Bertz CT molecular complexity index is 1260. The van der Waals surface area contributed by atoms with Crippen molar-refractivity contribution >= 4 is 5.57 Å². The highest BCUT2D eigenvalue weighted by molar-refractivity contribution is 5.67. The molecule has 0 radical (unpaired) electrons. The third-order valence-corrected chi connectivity index (χ3v) is 7.12. The number of hydrogen-bond donors (Lipinski definition) is 1. The van der Waals surface area contributed by atoms with Gasteiger partial charge in [0.1, 0.15) is 11.6 Å². The average Bonchev–Trinajstić information content (AvgIpc) is 2.90. The molecule has 0 heterocycles. The maximum atomic E-state index is 14.9. The van der Waals surface area contributed by atoms with Gasteiger partial charge in [0, 0.05) is 17.2 Å². The molecule has 37 heavy (non-hydrogen) atoms. The van der Waals surface area contributed by atoms with Gasteiger partial charge in [0.15, 0.2) is 11.6 Å². The van der Waals surface area contributed by atoms with Gasteiger partial charge >= 0.3 is 0 Å². The minimum Gasteiger partial charge on any atom is -0.493 e. The number of aliphatic hydroxyl groups is 1. The highest BCUT2D eigenvalue weighted by atomic mass is 19.2. The smallest absolute Gasteiger partial charge is 0.166 e. The Morgan fingerprint density at radius 3 is 2.41 bits per heavy atom. The molecule has 0 aliphatic heterocycles. The first-order valence-corrected chi connectivity index (χ1v) is 12.8. The lowest BCUT2D eigenvalue weighted by atomic mass is 9.83. The SMILES string of the molecule is C=CCCOc1ccc(-c2ccc(CCc3ccc(C4=CCC(C(C)O)CC4)c(F)c3F)cc2)c(F)c1. The van der Waals surface area contributed by atoms with Gasteiger partial charge in [-0.3, -0.25) is 0 Å². The second-order valence-corrected chi connectivity index (χ2v) is 9.67. The summed E-state index contributed by atoms with van der Waals surface area (Å²) in [6, 6.07) is 15.6. The van der Waals surface area contributed by atoms with E-state index < -0.39 is 17.7 Å². The third kappa shape index (κ3) is 6.53. The van der Waals surface area contributed by atoms with Gasteiger partial charge in [0.2, 0.25) is 0 Å². The van der Waals surface area contributed by atoms with Crippen molar-refractivity contribution in [2.75, 3.05) is 6.61 Å². The number of allylic oxidation sites excluding steroid dienone is 2. The molecule has 0 saturated carbocycles. The van der Waals surface area contributed by atoms with Gasteiger partial charge < -0.3 is 9.84 Å². The second-order valence-electron chi connectivity index (χ2n) is 9.67. The molecule has 0 aromatic heterocycles. The number of benzene rings is 3. The average molecular weight is 507 g/mol. The zero-order valence-electron chi connectivity index (χ0n) is 21.2. The fourth-order valence-electron chi connectivity index (χ4n) is 4.78. The molecular weight excluding hydrogens is 473 g/mol. The summed E-state index contributed by atoms with van der Waals surface area (Å²) in [5.41, 5.74) is 3.62. The van der Waals surface area contributed by atoms with E-state index in [1.165, 1.54) is 6.07 Å². The highest BCUT2D eigenvalue weighted by Gasteiger charge is 2.22. The first-order chi connectivity index (χ1) is 17.9. The molecule has 0 amide bonds. The lowest BCUT2D eigenvalue weighted by molar-refractivity contribution is 0.120. The lowest BCUT2D eigenvalue weighted by Crippen LogP contribution is -2.18. The summed E-state index contributed by atoms with van der Waals surface area (Å²) < 4.78 is 49.9. The summed E-state index contributed by atoms with van der Waals surface area (Å²) in [6.45, 7) is 5.86. The molecule has 0 saturated heterocycles. The Balaban J connectivity index is 1.39. The molecule has 194 valence electrons. The van der Waals surface area contributed by atoms with Crippen molar-refractivity contribution in [3.63, 3.8) is 0 Å². The highest BCUT2D eigenvalue weighted by Crippen LogP contribution is 2.34. The molecule has 0 spiro atoms. The Morgan fingerprint density at radius 1 is 1.00 bits per heavy atom. The third-order valence-electron chi connectivity index (χ3n) is 7.12. The summed E-state index contributed by atoms with van der Waals surface area (Å²) in [6.07, 6.45) is 6.91.